The molecule has 248 valence electrons. The van der Waals surface area contributed by atoms with Gasteiger partial charge in [-0.25, -0.2) is 0 Å². The second kappa shape index (κ2) is 36.1. The summed E-state index contributed by atoms with van der Waals surface area (Å²) in [6.07, 6.45) is 42.8. The second-order valence-corrected chi connectivity index (χ2v) is 13.4. The first kappa shape index (κ1) is 40.9. The second-order valence-electron chi connectivity index (χ2n) is 13.4. The number of hydrogen-bond acceptors (Lipinski definition) is 3. The highest BCUT2D eigenvalue weighted by atomic mass is 16.3. The van der Waals surface area contributed by atoms with E-state index in [-0.39, 0.29) is 6.10 Å². The Morgan fingerprint density at radius 3 is 0.854 bits per heavy atom. The molecule has 0 aromatic rings. The first-order valence-corrected chi connectivity index (χ1v) is 19.2. The van der Waals surface area contributed by atoms with Gasteiger partial charge in [0, 0.05) is 13.2 Å². The van der Waals surface area contributed by atoms with Crippen molar-refractivity contribution in [3.63, 3.8) is 0 Å². The van der Waals surface area contributed by atoms with Crippen molar-refractivity contribution < 1.29 is 15.3 Å². The normalized spacial score (nSPS) is 13.2. The Labute approximate surface area is 259 Å². The van der Waals surface area contributed by atoms with Gasteiger partial charge in [0.25, 0.3) is 0 Å². The van der Waals surface area contributed by atoms with E-state index in [1.165, 1.54) is 186 Å². The lowest BCUT2D eigenvalue weighted by atomic mass is 9.87. The van der Waals surface area contributed by atoms with Crippen molar-refractivity contribution in [3.05, 3.63) is 0 Å². The first-order chi connectivity index (χ1) is 20.3. The monoisotopic (exact) mass is 583 g/mol. The summed E-state index contributed by atoms with van der Waals surface area (Å²) in [5.41, 5.74) is 0. The van der Waals surface area contributed by atoms with Gasteiger partial charge in [0.15, 0.2) is 0 Å². The summed E-state index contributed by atoms with van der Waals surface area (Å²) in [5.74, 6) is 0.501. The third-order valence-electron chi connectivity index (χ3n) is 9.36. The maximum Gasteiger partial charge on any atom is 0.0568 e. The van der Waals surface area contributed by atoms with Crippen molar-refractivity contribution in [2.75, 3.05) is 13.2 Å². The Morgan fingerprint density at radius 2 is 0.561 bits per heavy atom. The van der Waals surface area contributed by atoms with Gasteiger partial charge < -0.3 is 15.3 Å². The van der Waals surface area contributed by atoms with Crippen LogP contribution in [-0.4, -0.2) is 34.6 Å². The van der Waals surface area contributed by atoms with Crippen LogP contribution < -0.4 is 0 Å². The van der Waals surface area contributed by atoms with Gasteiger partial charge in [0.1, 0.15) is 0 Å². The Hall–Kier alpha value is -0.120. The van der Waals surface area contributed by atoms with Crippen LogP contribution in [0.15, 0.2) is 0 Å². The molecule has 0 aliphatic rings. The number of rotatable bonds is 36. The molecule has 41 heavy (non-hydrogen) atoms. The summed E-state index contributed by atoms with van der Waals surface area (Å²) in [6, 6.07) is 0. The van der Waals surface area contributed by atoms with Crippen molar-refractivity contribution in [2.24, 2.45) is 5.92 Å². The molecule has 3 heteroatoms. The van der Waals surface area contributed by atoms with Crippen molar-refractivity contribution in [1.29, 1.82) is 0 Å². The van der Waals surface area contributed by atoms with E-state index in [1.807, 2.05) is 0 Å². The molecule has 0 radical (unpaired) electrons. The minimum Gasteiger partial charge on any atom is -0.396 e. The Kier molecular flexibility index (Phi) is 36.0. The summed E-state index contributed by atoms with van der Waals surface area (Å²) in [4.78, 5) is 0. The highest BCUT2D eigenvalue weighted by molar-refractivity contribution is 4.70. The summed E-state index contributed by atoms with van der Waals surface area (Å²) in [6.45, 7) is 2.96. The molecule has 0 spiro atoms. The lowest BCUT2D eigenvalue weighted by molar-refractivity contribution is 0.0829. The van der Waals surface area contributed by atoms with Gasteiger partial charge in [-0.3, -0.25) is 0 Å². The SMILES string of the molecule is CCCCCCCCCCCCCCCCCCC(CCCCCCCCCO)C(O)CCCCCCCCCO. The molecule has 0 bridgehead atoms. The zero-order chi connectivity index (χ0) is 29.9. The predicted octanol–water partition coefficient (Wildman–Crippen LogP) is 11.8. The molecule has 0 aliphatic carbocycles. The summed E-state index contributed by atoms with van der Waals surface area (Å²) in [7, 11) is 0. The van der Waals surface area contributed by atoms with Gasteiger partial charge >= 0.3 is 0 Å². The average molecular weight is 583 g/mol. The third kappa shape index (κ3) is 32.6. The molecular formula is C38H78O3. The molecule has 3 nitrogen and oxygen atoms in total. The number of aliphatic hydroxyl groups excluding tert-OH is 3. The molecular weight excluding hydrogens is 504 g/mol. The van der Waals surface area contributed by atoms with Gasteiger partial charge in [-0.05, 0) is 38.0 Å². The maximum absolute atomic E-state index is 11.1. The van der Waals surface area contributed by atoms with Crippen molar-refractivity contribution in [2.45, 2.75) is 225 Å². The van der Waals surface area contributed by atoms with Crippen LogP contribution in [0.1, 0.15) is 219 Å². The lowest BCUT2D eigenvalue weighted by Crippen LogP contribution is -2.20. The zero-order valence-corrected chi connectivity index (χ0v) is 28.2. The minimum absolute atomic E-state index is 0.106. The fourth-order valence-electron chi connectivity index (χ4n) is 6.47. The van der Waals surface area contributed by atoms with E-state index >= 15 is 0 Å². The molecule has 0 aromatic heterocycles. The molecule has 2 unspecified atom stereocenters. The molecule has 0 fully saturated rings. The van der Waals surface area contributed by atoms with Crippen molar-refractivity contribution in [1.82, 2.24) is 0 Å². The molecule has 0 aliphatic heterocycles. The van der Waals surface area contributed by atoms with E-state index in [2.05, 4.69) is 6.92 Å². The van der Waals surface area contributed by atoms with Crippen LogP contribution >= 0.6 is 0 Å². The van der Waals surface area contributed by atoms with Crippen molar-refractivity contribution in [3.8, 4) is 0 Å². The van der Waals surface area contributed by atoms with Crippen LogP contribution in [0.2, 0.25) is 0 Å². The maximum atomic E-state index is 11.1. The number of aliphatic hydroxyl groups is 3. The molecule has 0 aromatic carbocycles. The average Bonchev–Trinajstić information content (AvgIpc) is 2.98. The van der Waals surface area contributed by atoms with Gasteiger partial charge in [-0.15, -0.1) is 0 Å². The highest BCUT2D eigenvalue weighted by Gasteiger charge is 2.18. The number of unbranched alkanes of at least 4 members (excludes halogenated alkanes) is 27. The molecule has 0 rings (SSSR count). The van der Waals surface area contributed by atoms with E-state index in [0.717, 1.165) is 25.7 Å². The smallest absolute Gasteiger partial charge is 0.0568 e. The van der Waals surface area contributed by atoms with Gasteiger partial charge in [-0.1, -0.05) is 187 Å². The van der Waals surface area contributed by atoms with Gasteiger partial charge in [0.05, 0.1) is 6.10 Å². The molecule has 0 saturated heterocycles. The third-order valence-corrected chi connectivity index (χ3v) is 9.36. The molecule has 3 N–H and O–H groups in total. The van der Waals surface area contributed by atoms with Crippen LogP contribution in [0.4, 0.5) is 0 Å². The van der Waals surface area contributed by atoms with Gasteiger partial charge in [0.2, 0.25) is 0 Å². The van der Waals surface area contributed by atoms with Gasteiger partial charge in [-0.2, -0.15) is 0 Å². The molecule has 2 atom stereocenters. The Bertz CT molecular complexity index is 455. The number of hydrogen-bond donors (Lipinski definition) is 3. The fraction of sp³-hybridized carbons (Fsp3) is 1.00. The summed E-state index contributed by atoms with van der Waals surface area (Å²) in [5, 5.41) is 28.9. The van der Waals surface area contributed by atoms with Crippen molar-refractivity contribution >= 4 is 0 Å². The topological polar surface area (TPSA) is 60.7 Å². The highest BCUT2D eigenvalue weighted by Crippen LogP contribution is 2.25. The predicted molar refractivity (Wildman–Crippen MR) is 182 cm³/mol. The van der Waals surface area contributed by atoms with Crippen LogP contribution in [0.5, 0.6) is 0 Å². The largest absolute Gasteiger partial charge is 0.396 e. The standard InChI is InChI=1S/C38H78O3/c1-2-3-4-5-6-7-8-9-10-11-12-13-14-17-22-27-32-37(33-28-23-18-15-20-25-30-35-39)38(41)34-29-24-19-16-21-26-31-36-40/h37-41H,2-36H2,1H3. The Balaban J connectivity index is 3.92. The quantitative estimate of drug-likeness (QED) is 0.0644. The summed E-state index contributed by atoms with van der Waals surface area (Å²) < 4.78 is 0. The van der Waals surface area contributed by atoms with E-state index in [9.17, 15) is 5.11 Å². The Morgan fingerprint density at radius 1 is 0.317 bits per heavy atom. The fourth-order valence-corrected chi connectivity index (χ4v) is 6.47. The molecule has 0 saturated carbocycles. The first-order valence-electron chi connectivity index (χ1n) is 19.2. The van der Waals surface area contributed by atoms with E-state index in [0.29, 0.717) is 19.1 Å². The summed E-state index contributed by atoms with van der Waals surface area (Å²) >= 11 is 0. The lowest BCUT2D eigenvalue weighted by Gasteiger charge is -2.23. The minimum atomic E-state index is -0.106. The molecule has 0 amide bonds. The van der Waals surface area contributed by atoms with Crippen LogP contribution in [0.25, 0.3) is 0 Å². The van der Waals surface area contributed by atoms with E-state index in [1.54, 1.807) is 0 Å². The van der Waals surface area contributed by atoms with E-state index in [4.69, 9.17) is 10.2 Å². The van der Waals surface area contributed by atoms with E-state index < -0.39 is 0 Å². The van der Waals surface area contributed by atoms with Crippen LogP contribution in [-0.2, 0) is 0 Å². The molecule has 0 heterocycles. The van der Waals surface area contributed by atoms with Crippen LogP contribution in [0, 0.1) is 5.92 Å². The van der Waals surface area contributed by atoms with Crippen LogP contribution in [0.3, 0.4) is 0 Å². The zero-order valence-electron chi connectivity index (χ0n) is 28.2.